The monoisotopic (exact) mass is 251 g/mol. The van der Waals surface area contributed by atoms with E-state index in [1.807, 2.05) is 0 Å². The van der Waals surface area contributed by atoms with Crippen molar-refractivity contribution in [2.45, 2.75) is 18.3 Å². The molecule has 1 rings (SSSR count). The molecule has 0 aromatic heterocycles. The van der Waals surface area contributed by atoms with Crippen LogP contribution in [0.15, 0.2) is 12.2 Å². The molecule has 0 fully saturated rings. The summed E-state index contributed by atoms with van der Waals surface area (Å²) in [5.74, 6) is 0. The molecule has 0 aromatic rings. The largest absolute Gasteiger partial charge is 0.305 e. The molecule has 2 unspecified atom stereocenters. The van der Waals surface area contributed by atoms with Gasteiger partial charge in [0.2, 0.25) is 0 Å². The van der Waals surface area contributed by atoms with Gasteiger partial charge in [-0.05, 0) is 0 Å². The maximum absolute atomic E-state index is 10.1. The molecule has 0 saturated carbocycles. The Morgan fingerprint density at radius 2 is 1.12 bits per heavy atom. The van der Waals surface area contributed by atoms with Gasteiger partial charge in [0.05, 0.1) is 0 Å². The fourth-order valence-electron chi connectivity index (χ4n) is 1.23. The third-order valence-electron chi connectivity index (χ3n) is 1.76. The van der Waals surface area contributed by atoms with Crippen molar-refractivity contribution < 1.29 is 29.8 Å². The molecule has 1 aliphatic rings. The summed E-state index contributed by atoms with van der Waals surface area (Å²) in [5.41, 5.74) is 0. The third-order valence-corrected chi connectivity index (χ3v) is 1.76. The lowest BCUT2D eigenvalue weighted by Crippen LogP contribution is -2.39. The van der Waals surface area contributed by atoms with Crippen LogP contribution in [0.2, 0.25) is 0 Å². The van der Waals surface area contributed by atoms with Crippen LogP contribution in [0.4, 0.5) is 0 Å². The zero-order valence-electron chi connectivity index (χ0n) is 7.90. The Hall–Kier alpha value is -2.66. The quantitative estimate of drug-likeness (QED) is 0.337. The molecule has 0 bridgehead atoms. The van der Waals surface area contributed by atoms with E-state index in [1.54, 1.807) is 0 Å². The van der Waals surface area contributed by atoms with Crippen LogP contribution in [0, 0.1) is 30.3 Å². The van der Waals surface area contributed by atoms with E-state index in [4.69, 9.17) is 0 Å². The summed E-state index contributed by atoms with van der Waals surface area (Å²) >= 11 is 0. The highest BCUT2D eigenvalue weighted by atomic mass is 17.0. The van der Waals surface area contributed by atoms with Crippen molar-refractivity contribution in [3.63, 3.8) is 0 Å². The van der Waals surface area contributed by atoms with Gasteiger partial charge in [-0.3, -0.25) is 0 Å². The molecule has 0 heterocycles. The van der Waals surface area contributed by atoms with Crippen molar-refractivity contribution in [3.8, 4) is 0 Å². The molecule has 12 heteroatoms. The van der Waals surface area contributed by atoms with E-state index < -0.39 is 33.6 Å². The molecule has 17 heavy (non-hydrogen) atoms. The topological polar surface area (TPSA) is 157 Å². The Balaban J connectivity index is 2.73. The highest BCUT2D eigenvalue weighted by Gasteiger charge is 2.39. The molecular formula is C5H5N3O9. The predicted molar refractivity (Wildman–Crippen MR) is 44.7 cm³/mol. The van der Waals surface area contributed by atoms with Crippen molar-refractivity contribution in [3.05, 3.63) is 42.5 Å². The number of nitrogens with zero attached hydrogens (tertiary/aromatic N) is 3. The van der Waals surface area contributed by atoms with Gasteiger partial charge in [-0.2, -0.15) is 0 Å². The molecule has 0 saturated heterocycles. The first kappa shape index (κ1) is 12.4. The Morgan fingerprint density at radius 1 is 0.765 bits per heavy atom. The maximum Gasteiger partial charge on any atom is 0.295 e. The summed E-state index contributed by atoms with van der Waals surface area (Å²) in [5, 5.41) is 26.6. The first-order chi connectivity index (χ1) is 7.90. The van der Waals surface area contributed by atoms with Crippen LogP contribution in [-0.2, 0) is 14.5 Å². The summed E-state index contributed by atoms with van der Waals surface area (Å²) in [6, 6.07) is 0. The number of hydrogen-bond acceptors (Lipinski definition) is 9. The van der Waals surface area contributed by atoms with Crippen molar-refractivity contribution in [2.24, 2.45) is 0 Å². The average Bonchev–Trinajstić information content (AvgIpc) is 2.47. The summed E-state index contributed by atoms with van der Waals surface area (Å²) in [4.78, 5) is 42.4. The van der Waals surface area contributed by atoms with Gasteiger partial charge >= 0.3 is 0 Å². The second-order valence-corrected chi connectivity index (χ2v) is 2.77. The highest BCUT2D eigenvalue weighted by molar-refractivity contribution is 5.10. The summed E-state index contributed by atoms with van der Waals surface area (Å²) < 4.78 is 0. The van der Waals surface area contributed by atoms with E-state index in [0.29, 0.717) is 0 Å². The van der Waals surface area contributed by atoms with Crippen LogP contribution in [0.25, 0.3) is 0 Å². The van der Waals surface area contributed by atoms with Gasteiger partial charge in [0, 0.05) is 0 Å². The number of rotatable bonds is 6. The Kier molecular flexibility index (Phi) is 3.58. The van der Waals surface area contributed by atoms with Crippen molar-refractivity contribution in [2.75, 3.05) is 0 Å². The van der Waals surface area contributed by atoms with E-state index in [0.717, 1.165) is 12.2 Å². The minimum Gasteiger partial charge on any atom is -0.305 e. The molecule has 0 spiro atoms. The summed E-state index contributed by atoms with van der Waals surface area (Å²) in [6.45, 7) is 0. The van der Waals surface area contributed by atoms with Crippen molar-refractivity contribution in [1.29, 1.82) is 0 Å². The average molecular weight is 251 g/mol. The van der Waals surface area contributed by atoms with Crippen LogP contribution < -0.4 is 0 Å². The Labute approximate surface area is 91.7 Å². The molecule has 0 radical (unpaired) electrons. The van der Waals surface area contributed by atoms with Gasteiger partial charge in [-0.1, -0.05) is 12.2 Å². The van der Waals surface area contributed by atoms with Crippen LogP contribution >= 0.6 is 0 Å². The first-order valence-electron chi connectivity index (χ1n) is 4.02. The van der Waals surface area contributed by atoms with Crippen LogP contribution in [-0.4, -0.2) is 33.6 Å². The molecule has 0 aliphatic heterocycles. The zero-order valence-corrected chi connectivity index (χ0v) is 7.90. The van der Waals surface area contributed by atoms with E-state index in [1.165, 1.54) is 0 Å². The highest BCUT2D eigenvalue weighted by Crippen LogP contribution is 2.21. The first-order valence-corrected chi connectivity index (χ1v) is 4.02. The van der Waals surface area contributed by atoms with Crippen LogP contribution in [0.3, 0.4) is 0 Å². The lowest BCUT2D eigenvalue weighted by atomic mass is 10.2. The SMILES string of the molecule is O=[N+]([O-])OC1C=CC(O[N+](=O)[O-])C1O[N+](=O)[O-]. The van der Waals surface area contributed by atoms with Crippen molar-refractivity contribution >= 4 is 0 Å². The van der Waals surface area contributed by atoms with Gasteiger partial charge in [0.15, 0.2) is 18.3 Å². The minimum absolute atomic E-state index is 1.01. The number of hydrogen-bond donors (Lipinski definition) is 0. The second-order valence-electron chi connectivity index (χ2n) is 2.77. The van der Waals surface area contributed by atoms with Gasteiger partial charge in [-0.25, -0.2) is 0 Å². The molecule has 0 aromatic carbocycles. The summed E-state index contributed by atoms with van der Waals surface area (Å²) in [7, 11) is 0. The molecule has 12 nitrogen and oxygen atoms in total. The van der Waals surface area contributed by atoms with E-state index in [9.17, 15) is 30.3 Å². The van der Waals surface area contributed by atoms with E-state index in [-0.39, 0.29) is 0 Å². The van der Waals surface area contributed by atoms with Gasteiger partial charge in [-0.15, -0.1) is 30.3 Å². The van der Waals surface area contributed by atoms with Gasteiger partial charge in [0.25, 0.3) is 15.3 Å². The Morgan fingerprint density at radius 3 is 1.41 bits per heavy atom. The van der Waals surface area contributed by atoms with Crippen LogP contribution in [0.5, 0.6) is 0 Å². The molecular weight excluding hydrogens is 246 g/mol. The molecule has 1 aliphatic carbocycles. The van der Waals surface area contributed by atoms with Crippen molar-refractivity contribution in [1.82, 2.24) is 0 Å². The van der Waals surface area contributed by atoms with E-state index in [2.05, 4.69) is 14.5 Å². The molecule has 0 amide bonds. The maximum atomic E-state index is 10.1. The molecule has 0 N–H and O–H groups in total. The smallest absolute Gasteiger partial charge is 0.295 e. The second kappa shape index (κ2) is 4.91. The lowest BCUT2D eigenvalue weighted by Gasteiger charge is -2.19. The normalized spacial score (nSPS) is 26.2. The van der Waals surface area contributed by atoms with Gasteiger partial charge in [0.1, 0.15) is 0 Å². The Bertz CT molecular complexity index is 342. The molecule has 2 atom stereocenters. The van der Waals surface area contributed by atoms with E-state index >= 15 is 0 Å². The third kappa shape index (κ3) is 3.44. The minimum atomic E-state index is -1.61. The molecule has 94 valence electrons. The lowest BCUT2D eigenvalue weighted by molar-refractivity contribution is -0.811. The van der Waals surface area contributed by atoms with Gasteiger partial charge < -0.3 is 14.5 Å². The standard InChI is InChI=1S/C5H5N3O9/c9-6(10)15-3-1-2-4(16-7(11)12)5(3)17-8(13)14/h1-5H. The fourth-order valence-corrected chi connectivity index (χ4v) is 1.23. The zero-order chi connectivity index (χ0) is 13.0. The predicted octanol–water partition coefficient (Wildman–Crippen LogP) is -0.713. The fraction of sp³-hybridized carbons (Fsp3) is 0.600. The summed E-state index contributed by atoms with van der Waals surface area (Å²) in [6.07, 6.45) is -2.49. The van der Waals surface area contributed by atoms with Crippen LogP contribution in [0.1, 0.15) is 0 Å².